The minimum absolute atomic E-state index is 0.106. The van der Waals surface area contributed by atoms with E-state index >= 15 is 0 Å². The van der Waals surface area contributed by atoms with Crippen LogP contribution in [0.3, 0.4) is 0 Å². The Balaban J connectivity index is 4.13. The highest BCUT2D eigenvalue weighted by molar-refractivity contribution is 5.71. The number of hydrogen-bond donors (Lipinski definition) is 0. The molecule has 0 aliphatic rings. The van der Waals surface area contributed by atoms with Crippen molar-refractivity contribution in [3.8, 4) is 0 Å². The van der Waals surface area contributed by atoms with Crippen LogP contribution >= 0.6 is 0 Å². The average molecular weight is 1010 g/mol. The summed E-state index contributed by atoms with van der Waals surface area (Å²) in [5, 5.41) is 0. The van der Waals surface area contributed by atoms with E-state index in [2.05, 4.69) is 130 Å². The first-order valence-electron chi connectivity index (χ1n) is 30.0. The van der Waals surface area contributed by atoms with Crippen LogP contribution in [0.15, 0.2) is 122 Å². The summed E-state index contributed by atoms with van der Waals surface area (Å²) in [6.45, 7) is 6.32. The largest absolute Gasteiger partial charge is 0.462 e. The van der Waals surface area contributed by atoms with Crippen molar-refractivity contribution in [2.45, 2.75) is 271 Å². The van der Waals surface area contributed by atoms with Crippen LogP contribution < -0.4 is 0 Å². The summed E-state index contributed by atoms with van der Waals surface area (Å²) >= 11 is 0. The molecule has 0 saturated heterocycles. The second-order valence-electron chi connectivity index (χ2n) is 19.5. The Labute approximate surface area is 450 Å². The topological polar surface area (TPSA) is 78.9 Å². The second-order valence-corrected chi connectivity index (χ2v) is 19.5. The van der Waals surface area contributed by atoms with Crippen LogP contribution in [0.1, 0.15) is 265 Å². The third kappa shape index (κ3) is 58.6. The number of unbranched alkanes of at least 4 members (excludes halogenated alkanes) is 22. The Morgan fingerprint density at radius 3 is 0.890 bits per heavy atom. The molecule has 0 radical (unpaired) electrons. The number of rotatable bonds is 53. The number of carbonyl (C=O) groups is 3. The Morgan fingerprint density at radius 1 is 0.288 bits per heavy atom. The zero-order chi connectivity index (χ0) is 52.9. The molecule has 0 heterocycles. The average Bonchev–Trinajstić information content (AvgIpc) is 3.39. The molecule has 0 N–H and O–H groups in total. The van der Waals surface area contributed by atoms with Gasteiger partial charge < -0.3 is 14.2 Å². The van der Waals surface area contributed by atoms with Crippen LogP contribution in [0.5, 0.6) is 0 Å². The first-order chi connectivity index (χ1) is 36.0. The van der Waals surface area contributed by atoms with Gasteiger partial charge in [0.05, 0.1) is 0 Å². The first-order valence-corrected chi connectivity index (χ1v) is 30.0. The van der Waals surface area contributed by atoms with E-state index in [0.717, 1.165) is 103 Å². The lowest BCUT2D eigenvalue weighted by Gasteiger charge is -2.18. The predicted octanol–water partition coefficient (Wildman–Crippen LogP) is 20.4. The van der Waals surface area contributed by atoms with Gasteiger partial charge in [-0.3, -0.25) is 14.4 Å². The van der Waals surface area contributed by atoms with Crippen molar-refractivity contribution in [3.63, 3.8) is 0 Å². The molecule has 0 fully saturated rings. The normalized spacial score (nSPS) is 13.0. The summed E-state index contributed by atoms with van der Waals surface area (Å²) in [7, 11) is 0. The van der Waals surface area contributed by atoms with Crippen LogP contribution in [0.2, 0.25) is 0 Å². The fourth-order valence-corrected chi connectivity index (χ4v) is 8.05. The lowest BCUT2D eigenvalue weighted by atomic mass is 10.0. The highest BCUT2D eigenvalue weighted by Gasteiger charge is 2.19. The lowest BCUT2D eigenvalue weighted by molar-refractivity contribution is -0.166. The monoisotopic (exact) mass is 1010 g/mol. The van der Waals surface area contributed by atoms with Crippen LogP contribution in [-0.2, 0) is 28.6 Å². The molecule has 0 aliphatic heterocycles. The third-order valence-corrected chi connectivity index (χ3v) is 12.5. The lowest BCUT2D eigenvalue weighted by Crippen LogP contribution is -2.30. The molecule has 0 aliphatic carbocycles. The number of ether oxygens (including phenoxy) is 3. The zero-order valence-corrected chi connectivity index (χ0v) is 47.4. The maximum absolute atomic E-state index is 12.8. The molecular formula is C67H110O6. The minimum Gasteiger partial charge on any atom is -0.462 e. The van der Waals surface area contributed by atoms with Crippen molar-refractivity contribution in [2.75, 3.05) is 13.2 Å². The summed E-state index contributed by atoms with van der Waals surface area (Å²) < 4.78 is 16.7. The van der Waals surface area contributed by atoms with E-state index in [1.807, 2.05) is 12.2 Å². The maximum atomic E-state index is 12.8. The van der Waals surface area contributed by atoms with E-state index < -0.39 is 12.1 Å². The van der Waals surface area contributed by atoms with Crippen molar-refractivity contribution in [1.82, 2.24) is 0 Å². The van der Waals surface area contributed by atoms with Crippen molar-refractivity contribution in [3.05, 3.63) is 122 Å². The number of allylic oxidation sites excluding steroid dienone is 20. The van der Waals surface area contributed by atoms with Gasteiger partial charge in [0.15, 0.2) is 6.10 Å². The van der Waals surface area contributed by atoms with E-state index in [0.29, 0.717) is 19.3 Å². The predicted molar refractivity (Wildman–Crippen MR) is 316 cm³/mol. The molecule has 0 bridgehead atoms. The van der Waals surface area contributed by atoms with E-state index in [-0.39, 0.29) is 31.6 Å². The molecule has 0 saturated carbocycles. The van der Waals surface area contributed by atoms with Crippen LogP contribution in [0, 0.1) is 0 Å². The molecule has 414 valence electrons. The van der Waals surface area contributed by atoms with E-state index in [9.17, 15) is 14.4 Å². The summed E-state index contributed by atoms with van der Waals surface area (Å²) in [6.07, 6.45) is 83.8. The van der Waals surface area contributed by atoms with Gasteiger partial charge in [-0.25, -0.2) is 0 Å². The third-order valence-electron chi connectivity index (χ3n) is 12.5. The minimum atomic E-state index is -0.814. The highest BCUT2D eigenvalue weighted by atomic mass is 16.6. The summed E-state index contributed by atoms with van der Waals surface area (Å²) in [5.74, 6) is -0.992. The van der Waals surface area contributed by atoms with Gasteiger partial charge in [-0.05, 0) is 96.3 Å². The SMILES string of the molecule is CC/C=C\C/C=C\C/C=C\C/C=C\C/C=C\C/C=C\CCCCCCCCCCCCCCCCC(=O)OCC(COC(=O)CCCCCCCCCCC)OC(=O)CC/C=C\C/C=C\C/C=C\C/C=C\CC. The van der Waals surface area contributed by atoms with Gasteiger partial charge in [0.2, 0.25) is 0 Å². The van der Waals surface area contributed by atoms with Crippen molar-refractivity contribution in [2.24, 2.45) is 0 Å². The van der Waals surface area contributed by atoms with E-state index in [1.165, 1.54) is 116 Å². The Bertz CT molecular complexity index is 1540. The maximum Gasteiger partial charge on any atom is 0.306 e. The van der Waals surface area contributed by atoms with E-state index in [1.54, 1.807) is 0 Å². The molecule has 1 unspecified atom stereocenters. The van der Waals surface area contributed by atoms with Crippen LogP contribution in [-0.4, -0.2) is 37.2 Å². The smallest absolute Gasteiger partial charge is 0.306 e. The molecule has 0 amide bonds. The van der Waals surface area contributed by atoms with Crippen molar-refractivity contribution in [1.29, 1.82) is 0 Å². The van der Waals surface area contributed by atoms with Gasteiger partial charge in [0.25, 0.3) is 0 Å². The Hall–Kier alpha value is -4.19. The van der Waals surface area contributed by atoms with Crippen LogP contribution in [0.4, 0.5) is 0 Å². The molecule has 0 rings (SSSR count). The summed E-state index contributed by atoms with van der Waals surface area (Å²) in [4.78, 5) is 38.0. The molecule has 6 heteroatoms. The first kappa shape index (κ1) is 68.8. The van der Waals surface area contributed by atoms with Gasteiger partial charge in [0.1, 0.15) is 13.2 Å². The fraction of sp³-hybridized carbons (Fsp3) is 0.657. The Kier molecular flexibility index (Phi) is 56.9. The van der Waals surface area contributed by atoms with Gasteiger partial charge in [-0.2, -0.15) is 0 Å². The molecule has 0 aromatic carbocycles. The standard InChI is InChI=1S/C67H110O6/c1-4-7-10-13-16-19-21-23-24-25-26-27-28-29-30-31-32-33-34-35-36-37-38-39-40-41-42-44-45-48-51-54-57-60-66(69)72-63-64(62-71-65(68)59-56-53-50-47-18-15-12-9-6-3)73-67(70)61-58-55-52-49-46-43-22-20-17-14-11-8-5-2/h7-8,10-11,16-17,19-20,23-24,26-27,29-30,32-33,43,46,52,55,64H,4-6,9,12-15,18,21-22,25,28,31,34-42,44-45,47-51,53-54,56-63H2,1-3H3/b10-7-,11-8-,19-16-,20-17-,24-23-,27-26-,30-29-,33-32-,46-43-,55-52-. The second kappa shape index (κ2) is 60.4. The fourth-order valence-electron chi connectivity index (χ4n) is 8.05. The summed E-state index contributed by atoms with van der Waals surface area (Å²) in [5.41, 5.74) is 0. The Morgan fingerprint density at radius 2 is 0.562 bits per heavy atom. The van der Waals surface area contributed by atoms with Crippen LogP contribution in [0.25, 0.3) is 0 Å². The quantitative estimate of drug-likeness (QED) is 0.0261. The van der Waals surface area contributed by atoms with E-state index in [4.69, 9.17) is 14.2 Å². The molecule has 6 nitrogen and oxygen atoms in total. The molecule has 1 atom stereocenters. The van der Waals surface area contributed by atoms with Gasteiger partial charge in [-0.1, -0.05) is 271 Å². The number of carbonyl (C=O) groups excluding carboxylic acids is 3. The molecular weight excluding hydrogens is 901 g/mol. The van der Waals surface area contributed by atoms with Crippen molar-refractivity contribution < 1.29 is 28.6 Å². The van der Waals surface area contributed by atoms with Gasteiger partial charge in [0, 0.05) is 19.3 Å². The molecule has 0 aromatic heterocycles. The van der Waals surface area contributed by atoms with Crippen molar-refractivity contribution >= 4 is 17.9 Å². The molecule has 73 heavy (non-hydrogen) atoms. The number of hydrogen-bond acceptors (Lipinski definition) is 6. The molecule has 0 aromatic rings. The van der Waals surface area contributed by atoms with Gasteiger partial charge >= 0.3 is 17.9 Å². The molecule has 0 spiro atoms. The highest BCUT2D eigenvalue weighted by Crippen LogP contribution is 2.15. The zero-order valence-electron chi connectivity index (χ0n) is 47.4. The number of esters is 3. The van der Waals surface area contributed by atoms with Gasteiger partial charge in [-0.15, -0.1) is 0 Å². The summed E-state index contributed by atoms with van der Waals surface area (Å²) in [6, 6.07) is 0.